The van der Waals surface area contributed by atoms with Gasteiger partial charge in [0.1, 0.15) is 6.42 Å². The monoisotopic (exact) mass is 211 g/mol. The molecule has 1 unspecified atom stereocenters. The molecule has 3 heteroatoms. The number of unbranched alkanes of at least 4 members (excludes halogenated alkanes) is 2. The molecule has 0 radical (unpaired) electrons. The highest BCUT2D eigenvalue weighted by molar-refractivity contribution is 5.71. The first-order valence-electron chi connectivity index (χ1n) is 5.77. The smallest absolute Gasteiger partial charge is 0.320 e. The number of carbonyl (C=O) groups is 1. The zero-order chi connectivity index (χ0) is 11.5. The maximum Gasteiger partial charge on any atom is 0.320 e. The fourth-order valence-electron chi connectivity index (χ4n) is 1.41. The van der Waals surface area contributed by atoms with Crippen LogP contribution < -0.4 is 0 Å². The molecule has 0 saturated carbocycles. The lowest BCUT2D eigenvalue weighted by Crippen LogP contribution is -2.13. The molecule has 0 rings (SSSR count). The summed E-state index contributed by atoms with van der Waals surface area (Å²) in [6, 6.07) is 1.79. The van der Waals surface area contributed by atoms with Crippen LogP contribution in [0.15, 0.2) is 0 Å². The van der Waals surface area contributed by atoms with Gasteiger partial charge in [0.15, 0.2) is 0 Å². The topological polar surface area (TPSA) is 50.1 Å². The van der Waals surface area contributed by atoms with Gasteiger partial charge in [-0.2, -0.15) is 5.26 Å². The van der Waals surface area contributed by atoms with Gasteiger partial charge in [0.05, 0.1) is 12.7 Å². The second-order valence-corrected chi connectivity index (χ2v) is 3.79. The van der Waals surface area contributed by atoms with Crippen molar-refractivity contribution in [1.29, 1.82) is 5.26 Å². The molecule has 0 aromatic carbocycles. The van der Waals surface area contributed by atoms with Crippen LogP contribution in [0.3, 0.4) is 0 Å². The molecule has 3 nitrogen and oxygen atoms in total. The van der Waals surface area contributed by atoms with E-state index in [0.29, 0.717) is 12.5 Å². The van der Waals surface area contributed by atoms with E-state index in [1.165, 1.54) is 19.3 Å². The lowest BCUT2D eigenvalue weighted by atomic mass is 10.00. The maximum absolute atomic E-state index is 10.9. The van der Waals surface area contributed by atoms with Gasteiger partial charge in [-0.15, -0.1) is 0 Å². The minimum atomic E-state index is -0.397. The Morgan fingerprint density at radius 1 is 1.40 bits per heavy atom. The van der Waals surface area contributed by atoms with E-state index in [4.69, 9.17) is 10.00 Å². The summed E-state index contributed by atoms with van der Waals surface area (Å²) in [7, 11) is 0. The molecule has 0 fully saturated rings. The summed E-state index contributed by atoms with van der Waals surface area (Å²) in [6.07, 6.45) is 5.66. The van der Waals surface area contributed by atoms with Gasteiger partial charge in [0.2, 0.25) is 0 Å². The molecule has 0 amide bonds. The van der Waals surface area contributed by atoms with Crippen LogP contribution in [0.1, 0.15) is 52.4 Å². The number of hydrogen-bond donors (Lipinski definition) is 0. The Kier molecular flexibility index (Phi) is 8.85. The zero-order valence-electron chi connectivity index (χ0n) is 9.79. The van der Waals surface area contributed by atoms with Crippen LogP contribution in [-0.2, 0) is 9.53 Å². The third-order valence-corrected chi connectivity index (χ3v) is 2.50. The molecule has 0 heterocycles. The third-order valence-electron chi connectivity index (χ3n) is 2.50. The standard InChI is InChI=1S/C12H21NO2/c1-3-5-6-7-11(4-2)10-15-12(14)8-9-13/h11H,3-8,10H2,1-2H3. The SMILES string of the molecule is CCCCCC(CC)COC(=O)CC#N. The number of nitrogens with zero attached hydrogens (tertiary/aromatic N) is 1. The summed E-state index contributed by atoms with van der Waals surface area (Å²) in [5.74, 6) is 0.0608. The zero-order valence-corrected chi connectivity index (χ0v) is 9.79. The Balaban J connectivity index is 3.61. The summed E-state index contributed by atoms with van der Waals surface area (Å²) < 4.78 is 5.00. The van der Waals surface area contributed by atoms with Gasteiger partial charge in [-0.3, -0.25) is 4.79 Å². The first-order chi connectivity index (χ1) is 7.24. The van der Waals surface area contributed by atoms with Crippen LogP contribution in [-0.4, -0.2) is 12.6 Å². The normalized spacial score (nSPS) is 11.8. The summed E-state index contributed by atoms with van der Waals surface area (Å²) >= 11 is 0. The fourth-order valence-corrected chi connectivity index (χ4v) is 1.41. The van der Waals surface area contributed by atoms with Crippen LogP contribution in [0.5, 0.6) is 0 Å². The number of esters is 1. The quantitative estimate of drug-likeness (QED) is 0.458. The fraction of sp³-hybridized carbons (Fsp3) is 0.833. The predicted molar refractivity (Wildman–Crippen MR) is 59.1 cm³/mol. The van der Waals surface area contributed by atoms with Crippen LogP contribution in [0, 0.1) is 17.2 Å². The molecule has 0 aromatic heterocycles. The number of ether oxygens (including phenoxy) is 1. The van der Waals surface area contributed by atoms with Crippen molar-refractivity contribution in [2.45, 2.75) is 52.4 Å². The number of rotatable bonds is 8. The summed E-state index contributed by atoms with van der Waals surface area (Å²) in [6.45, 7) is 4.75. The van der Waals surface area contributed by atoms with Crippen molar-refractivity contribution in [2.75, 3.05) is 6.61 Å². The third kappa shape index (κ3) is 7.99. The average molecular weight is 211 g/mol. The second-order valence-electron chi connectivity index (χ2n) is 3.79. The Bertz CT molecular complexity index is 208. The van der Waals surface area contributed by atoms with E-state index in [1.807, 2.05) is 0 Å². The van der Waals surface area contributed by atoms with Crippen LogP contribution in [0.2, 0.25) is 0 Å². The van der Waals surface area contributed by atoms with Gasteiger partial charge in [0, 0.05) is 0 Å². The highest BCUT2D eigenvalue weighted by Crippen LogP contribution is 2.14. The molecule has 0 aliphatic rings. The van der Waals surface area contributed by atoms with Gasteiger partial charge in [-0.25, -0.2) is 0 Å². The van der Waals surface area contributed by atoms with Gasteiger partial charge in [0.25, 0.3) is 0 Å². The summed E-state index contributed by atoms with van der Waals surface area (Å²) in [4.78, 5) is 10.9. The van der Waals surface area contributed by atoms with E-state index in [1.54, 1.807) is 6.07 Å². The van der Waals surface area contributed by atoms with Crippen molar-refractivity contribution in [1.82, 2.24) is 0 Å². The molecule has 15 heavy (non-hydrogen) atoms. The molecule has 0 aliphatic heterocycles. The van der Waals surface area contributed by atoms with Crippen molar-refractivity contribution in [3.05, 3.63) is 0 Å². The average Bonchev–Trinajstić information content (AvgIpc) is 2.23. The van der Waals surface area contributed by atoms with Gasteiger partial charge < -0.3 is 4.74 Å². The Hall–Kier alpha value is -1.04. The highest BCUT2D eigenvalue weighted by atomic mass is 16.5. The van der Waals surface area contributed by atoms with E-state index in [0.717, 1.165) is 12.8 Å². The predicted octanol–water partition coefficient (Wildman–Crippen LogP) is 3.05. The molecule has 0 bridgehead atoms. The van der Waals surface area contributed by atoms with Crippen LogP contribution >= 0.6 is 0 Å². The second kappa shape index (κ2) is 9.51. The maximum atomic E-state index is 10.9. The van der Waals surface area contributed by atoms with Crippen LogP contribution in [0.25, 0.3) is 0 Å². The van der Waals surface area contributed by atoms with Crippen molar-refractivity contribution >= 4 is 5.97 Å². The Morgan fingerprint density at radius 3 is 2.67 bits per heavy atom. The molecule has 86 valence electrons. The Morgan fingerprint density at radius 2 is 2.13 bits per heavy atom. The van der Waals surface area contributed by atoms with E-state index >= 15 is 0 Å². The van der Waals surface area contributed by atoms with E-state index in [2.05, 4.69) is 13.8 Å². The molecule has 0 N–H and O–H groups in total. The summed E-state index contributed by atoms with van der Waals surface area (Å²) in [5, 5.41) is 8.28. The number of nitriles is 1. The first-order valence-corrected chi connectivity index (χ1v) is 5.77. The minimum absolute atomic E-state index is 0.134. The van der Waals surface area contributed by atoms with Gasteiger partial charge in [-0.05, 0) is 12.3 Å². The first kappa shape index (κ1) is 14.0. The summed E-state index contributed by atoms with van der Waals surface area (Å²) in [5.41, 5.74) is 0. The van der Waals surface area contributed by atoms with Crippen LogP contribution in [0.4, 0.5) is 0 Å². The van der Waals surface area contributed by atoms with E-state index < -0.39 is 5.97 Å². The number of hydrogen-bond acceptors (Lipinski definition) is 3. The molecule has 0 aromatic rings. The van der Waals surface area contributed by atoms with E-state index in [9.17, 15) is 4.79 Å². The molecule has 0 saturated heterocycles. The van der Waals surface area contributed by atoms with Gasteiger partial charge >= 0.3 is 5.97 Å². The lowest BCUT2D eigenvalue weighted by molar-refractivity contribution is -0.143. The molecule has 1 atom stereocenters. The van der Waals surface area contributed by atoms with Gasteiger partial charge in [-0.1, -0.05) is 39.5 Å². The highest BCUT2D eigenvalue weighted by Gasteiger charge is 2.09. The Labute approximate surface area is 92.4 Å². The molecule has 0 aliphatic carbocycles. The molecule has 0 spiro atoms. The molecular formula is C12H21NO2. The van der Waals surface area contributed by atoms with Crippen molar-refractivity contribution in [3.63, 3.8) is 0 Å². The van der Waals surface area contributed by atoms with E-state index in [-0.39, 0.29) is 6.42 Å². The number of carbonyl (C=O) groups excluding carboxylic acids is 1. The van der Waals surface area contributed by atoms with Crippen molar-refractivity contribution in [3.8, 4) is 6.07 Å². The lowest BCUT2D eigenvalue weighted by Gasteiger charge is -2.14. The largest absolute Gasteiger partial charge is 0.465 e. The molecular weight excluding hydrogens is 190 g/mol. The minimum Gasteiger partial charge on any atom is -0.465 e. The van der Waals surface area contributed by atoms with Crippen molar-refractivity contribution in [2.24, 2.45) is 5.92 Å². The van der Waals surface area contributed by atoms with Crippen molar-refractivity contribution < 1.29 is 9.53 Å².